The zero-order chi connectivity index (χ0) is 49.1. The third-order valence-electron chi connectivity index (χ3n) is 13.1. The summed E-state index contributed by atoms with van der Waals surface area (Å²) in [4.78, 5) is 0.259. The quantitative estimate of drug-likeness (QED) is 0.0518. The van der Waals surface area contributed by atoms with Crippen LogP contribution < -0.4 is 25.5 Å². The molecule has 0 aliphatic heterocycles. The lowest BCUT2D eigenvalue weighted by atomic mass is 10.0. The van der Waals surface area contributed by atoms with E-state index < -0.39 is 48.8 Å². The van der Waals surface area contributed by atoms with Gasteiger partial charge in [0.1, 0.15) is 4.75 Å². The van der Waals surface area contributed by atoms with Crippen molar-refractivity contribution in [3.63, 3.8) is 0 Å². The van der Waals surface area contributed by atoms with Gasteiger partial charge in [0.2, 0.25) is 10.0 Å². The maximum Gasteiger partial charge on any atom is 0.261 e. The lowest BCUT2D eigenvalue weighted by molar-refractivity contribution is 0.179. The minimum atomic E-state index is -4.02. The molecule has 364 valence electrons. The maximum atomic E-state index is 15.4. The third kappa shape index (κ3) is 13.3. The first-order chi connectivity index (χ1) is 31.6. The topological polar surface area (TPSA) is 90.9 Å². The van der Waals surface area contributed by atoms with Gasteiger partial charge in [-0.25, -0.2) is 8.42 Å². The fourth-order valence-corrected chi connectivity index (χ4v) is 21.0. The van der Waals surface area contributed by atoms with E-state index in [0.29, 0.717) is 26.0 Å². The predicted molar refractivity (Wildman–Crippen MR) is 289 cm³/mol. The molecular formula is C56H80N2O5S2Si2. The van der Waals surface area contributed by atoms with Crippen LogP contribution in [-0.4, -0.2) is 63.9 Å². The summed E-state index contributed by atoms with van der Waals surface area (Å²) in [5.74, 6) is 0.276. The van der Waals surface area contributed by atoms with E-state index in [0.717, 1.165) is 35.2 Å². The SMILES string of the molecule is CC[C@@H](CCC[C@@H](CO[Si](c1ccccc1)(c1ccccc1)C(C)(C)C)N(CCC(C)C)S(=O)(=O)c1ccc(CO[Si](c2ccccc2)(c2ccccc2)C(C)(C)C)cc1)N[S@+]([O-])C(C)(C)C. The van der Waals surface area contributed by atoms with Crippen molar-refractivity contribution in [3.05, 3.63) is 151 Å². The van der Waals surface area contributed by atoms with Gasteiger partial charge in [0.05, 0.1) is 24.2 Å². The van der Waals surface area contributed by atoms with E-state index in [1.807, 2.05) is 57.2 Å². The lowest BCUT2D eigenvalue weighted by Gasteiger charge is -2.44. The highest BCUT2D eigenvalue weighted by Gasteiger charge is 2.52. The highest BCUT2D eigenvalue weighted by molar-refractivity contribution is 7.90. The summed E-state index contributed by atoms with van der Waals surface area (Å²) < 4.78 is 63.6. The molecule has 7 nitrogen and oxygen atoms in total. The summed E-state index contributed by atoms with van der Waals surface area (Å²) >= 11 is -1.22. The molecular weight excluding hydrogens is 901 g/mol. The van der Waals surface area contributed by atoms with Crippen molar-refractivity contribution in [3.8, 4) is 0 Å². The summed E-state index contributed by atoms with van der Waals surface area (Å²) in [6.07, 6.45) is 3.58. The van der Waals surface area contributed by atoms with E-state index in [1.165, 1.54) is 10.4 Å². The van der Waals surface area contributed by atoms with E-state index in [2.05, 4.69) is 164 Å². The Bertz CT molecular complexity index is 2260. The Kier molecular flexibility index (Phi) is 19.1. The molecule has 0 fully saturated rings. The van der Waals surface area contributed by atoms with Crippen LogP contribution in [0.3, 0.4) is 0 Å². The minimum absolute atomic E-state index is 0.0256. The molecule has 0 saturated heterocycles. The van der Waals surface area contributed by atoms with Crippen LogP contribution in [0.4, 0.5) is 0 Å². The fraction of sp³-hybridized carbons (Fsp3) is 0.464. The van der Waals surface area contributed by atoms with Crippen LogP contribution in [0.25, 0.3) is 0 Å². The van der Waals surface area contributed by atoms with Crippen LogP contribution in [0, 0.1) is 5.92 Å². The molecule has 0 amide bonds. The van der Waals surface area contributed by atoms with Crippen LogP contribution in [-0.2, 0) is 36.8 Å². The second-order valence-corrected chi connectivity index (χ2v) is 34.1. The molecule has 3 atom stereocenters. The average Bonchev–Trinajstić information content (AvgIpc) is 3.29. The summed E-state index contributed by atoms with van der Waals surface area (Å²) in [6, 6.07) is 49.2. The number of benzene rings is 5. The predicted octanol–water partition coefficient (Wildman–Crippen LogP) is 10.7. The highest BCUT2D eigenvalue weighted by atomic mass is 32.2. The van der Waals surface area contributed by atoms with E-state index in [-0.39, 0.29) is 33.5 Å². The number of rotatable bonds is 23. The molecule has 0 aliphatic carbocycles. The van der Waals surface area contributed by atoms with Crippen LogP contribution in [0.5, 0.6) is 0 Å². The standard InChI is InChI=1S/C56H80N2O5S2Si2/c1-13-47(57-64(59)54(4,5)6)27-26-28-48(44-63-67(56(10,11)12,52-33-22-16-23-34-52)53-35-24-17-25-36-53)58(42-41-45(2)3)65(60,61)49-39-37-46(38-40-49)43-62-66(55(7,8)9,50-29-18-14-19-30-50)51-31-20-15-21-32-51/h14-25,29-40,45,47-48,57H,13,26-28,41-44H2,1-12H3/t47-,48-,64+/m0/s1. The van der Waals surface area contributed by atoms with Crippen molar-refractivity contribution in [2.45, 2.75) is 154 Å². The number of nitrogens with zero attached hydrogens (tertiary/aromatic N) is 1. The van der Waals surface area contributed by atoms with E-state index in [4.69, 9.17) is 8.85 Å². The van der Waals surface area contributed by atoms with Crippen molar-refractivity contribution in [1.82, 2.24) is 9.03 Å². The Morgan fingerprint density at radius 3 is 1.40 bits per heavy atom. The molecule has 0 heterocycles. The second-order valence-electron chi connectivity index (χ2n) is 21.6. The second kappa shape index (κ2) is 23.5. The van der Waals surface area contributed by atoms with Gasteiger partial charge in [-0.1, -0.05) is 202 Å². The van der Waals surface area contributed by atoms with E-state index >= 15 is 8.42 Å². The van der Waals surface area contributed by atoms with Crippen molar-refractivity contribution in [1.29, 1.82) is 0 Å². The highest BCUT2D eigenvalue weighted by Crippen LogP contribution is 2.39. The molecule has 0 aromatic heterocycles. The third-order valence-corrected chi connectivity index (χ3v) is 26.7. The molecule has 0 radical (unpaired) electrons. The van der Waals surface area contributed by atoms with Gasteiger partial charge in [-0.3, -0.25) is 0 Å². The first-order valence-corrected chi connectivity index (χ1v) is 30.8. The van der Waals surface area contributed by atoms with Gasteiger partial charge in [0.25, 0.3) is 16.6 Å². The number of hydrogen-bond donors (Lipinski definition) is 1. The molecule has 0 aliphatic rings. The van der Waals surface area contributed by atoms with Crippen LogP contribution >= 0.6 is 0 Å². The average molecular weight is 982 g/mol. The minimum Gasteiger partial charge on any atom is -0.598 e. The Balaban J connectivity index is 1.54. The largest absolute Gasteiger partial charge is 0.598 e. The first-order valence-electron chi connectivity index (χ1n) is 24.4. The molecule has 0 bridgehead atoms. The van der Waals surface area contributed by atoms with Crippen molar-refractivity contribution >= 4 is 58.8 Å². The van der Waals surface area contributed by atoms with Crippen LogP contribution in [0.1, 0.15) is 121 Å². The van der Waals surface area contributed by atoms with Gasteiger partial charge in [-0.2, -0.15) is 4.31 Å². The molecule has 0 unspecified atom stereocenters. The molecule has 0 saturated carbocycles. The Morgan fingerprint density at radius 1 is 0.612 bits per heavy atom. The van der Waals surface area contributed by atoms with Gasteiger partial charge in [0, 0.05) is 23.9 Å². The first kappa shape index (κ1) is 54.6. The van der Waals surface area contributed by atoms with E-state index in [9.17, 15) is 4.55 Å². The van der Waals surface area contributed by atoms with Gasteiger partial charge in [-0.15, -0.1) is 4.72 Å². The monoisotopic (exact) mass is 981 g/mol. The molecule has 5 aromatic rings. The summed E-state index contributed by atoms with van der Waals surface area (Å²) in [6.45, 7) is 26.8. The van der Waals surface area contributed by atoms with Crippen LogP contribution in [0.15, 0.2) is 150 Å². The molecule has 11 heteroatoms. The fourth-order valence-electron chi connectivity index (χ4n) is 9.30. The number of nitrogens with one attached hydrogen (secondary N) is 1. The Morgan fingerprint density at radius 2 is 1.03 bits per heavy atom. The maximum absolute atomic E-state index is 15.4. The molecule has 0 spiro atoms. The van der Waals surface area contributed by atoms with Crippen molar-refractivity contribution in [2.75, 3.05) is 13.2 Å². The Hall–Kier alpha value is -3.37. The van der Waals surface area contributed by atoms with Gasteiger partial charge in [-0.05, 0) is 101 Å². The normalized spacial score (nSPS) is 14.6. The van der Waals surface area contributed by atoms with E-state index in [1.54, 1.807) is 16.4 Å². The lowest BCUT2D eigenvalue weighted by Crippen LogP contribution is -2.67. The number of hydrogen-bond acceptors (Lipinski definition) is 6. The summed E-state index contributed by atoms with van der Waals surface area (Å²) in [7, 11) is -9.88. The zero-order valence-electron chi connectivity index (χ0n) is 42.6. The van der Waals surface area contributed by atoms with Gasteiger partial charge >= 0.3 is 0 Å². The number of sulfonamides is 1. The molecule has 5 aromatic carbocycles. The Labute approximate surface area is 411 Å². The zero-order valence-corrected chi connectivity index (χ0v) is 46.2. The summed E-state index contributed by atoms with van der Waals surface area (Å²) in [5, 5.41) is 4.22. The van der Waals surface area contributed by atoms with Gasteiger partial charge < -0.3 is 13.4 Å². The molecule has 67 heavy (non-hydrogen) atoms. The smallest absolute Gasteiger partial charge is 0.261 e. The van der Waals surface area contributed by atoms with Crippen LogP contribution in [0.2, 0.25) is 10.1 Å². The van der Waals surface area contributed by atoms with Crippen molar-refractivity contribution in [2.24, 2.45) is 5.92 Å². The molecule has 5 rings (SSSR count). The molecule has 1 N–H and O–H groups in total. The summed E-state index contributed by atoms with van der Waals surface area (Å²) in [5.41, 5.74) is 0.915. The van der Waals surface area contributed by atoms with Gasteiger partial charge in [0.15, 0.2) is 0 Å². The van der Waals surface area contributed by atoms with Crippen molar-refractivity contribution < 1.29 is 21.8 Å².